The van der Waals surface area contributed by atoms with Crippen LogP contribution in [0.15, 0.2) is 140 Å². The zero-order valence-corrected chi connectivity index (χ0v) is 21.7. The maximum absolute atomic E-state index is 2.42. The lowest BCUT2D eigenvalue weighted by Gasteiger charge is -2.11. The van der Waals surface area contributed by atoms with Gasteiger partial charge in [0.05, 0.1) is 11.0 Å². The van der Waals surface area contributed by atoms with Crippen LogP contribution in [0.2, 0.25) is 0 Å². The van der Waals surface area contributed by atoms with Crippen molar-refractivity contribution in [2.75, 3.05) is 0 Å². The minimum absolute atomic E-state index is 1.17. The highest BCUT2D eigenvalue weighted by molar-refractivity contribution is 6.28. The molecule has 0 spiro atoms. The molecule has 2 aromatic heterocycles. The molecule has 2 heteroatoms. The molecule has 0 N–H and O–H groups in total. The van der Waals surface area contributed by atoms with E-state index in [1.54, 1.807) is 0 Å². The molecular weight excluding hydrogens is 472 g/mol. The van der Waals surface area contributed by atoms with Gasteiger partial charge >= 0.3 is 0 Å². The maximum atomic E-state index is 2.42. The van der Waals surface area contributed by atoms with Gasteiger partial charge in [-0.15, -0.1) is 0 Å². The number of fused-ring (bicyclic) bond motifs is 7. The molecule has 8 aromatic rings. The first-order chi connectivity index (χ1) is 19.3. The van der Waals surface area contributed by atoms with Gasteiger partial charge in [-0.3, -0.25) is 0 Å². The summed E-state index contributed by atoms with van der Waals surface area (Å²) in [4.78, 5) is 0. The molecule has 0 saturated carbocycles. The SMILES string of the molecule is Cn1c2ccccc2c2c3c4ccccc4n(-c4cccc(-c5ccc(-c6ccccc6)cc5)c4)c3ccc21. The summed E-state index contributed by atoms with van der Waals surface area (Å²) >= 11 is 0. The van der Waals surface area contributed by atoms with Crippen LogP contribution in [0.3, 0.4) is 0 Å². The van der Waals surface area contributed by atoms with Crippen LogP contribution in [-0.2, 0) is 7.05 Å². The van der Waals surface area contributed by atoms with Crippen molar-refractivity contribution >= 4 is 43.6 Å². The lowest BCUT2D eigenvalue weighted by molar-refractivity contribution is 1.01. The molecule has 39 heavy (non-hydrogen) atoms. The predicted octanol–water partition coefficient (Wildman–Crippen LogP) is 9.76. The molecule has 6 aromatic carbocycles. The van der Waals surface area contributed by atoms with E-state index in [0.29, 0.717) is 0 Å². The van der Waals surface area contributed by atoms with Crippen LogP contribution < -0.4 is 0 Å². The molecule has 2 nitrogen and oxygen atoms in total. The molecular formula is C37H26N2. The van der Waals surface area contributed by atoms with E-state index in [9.17, 15) is 0 Å². The van der Waals surface area contributed by atoms with Crippen molar-refractivity contribution in [3.8, 4) is 27.9 Å². The second-order valence-corrected chi connectivity index (χ2v) is 10.3. The van der Waals surface area contributed by atoms with Gasteiger partial charge in [0.25, 0.3) is 0 Å². The predicted molar refractivity (Wildman–Crippen MR) is 166 cm³/mol. The molecule has 2 heterocycles. The third kappa shape index (κ3) is 3.28. The standard InChI is InChI=1S/C37H26N2/c1-38-32-16-7-5-14-30(32)36-34(38)22-23-35-37(36)31-15-6-8-17-33(31)39(35)29-13-9-12-28(24-29)27-20-18-26(19-21-27)25-10-3-2-4-11-25/h2-24H,1H3. The molecule has 0 radical (unpaired) electrons. The first-order valence-electron chi connectivity index (χ1n) is 13.4. The summed E-state index contributed by atoms with van der Waals surface area (Å²) in [6.07, 6.45) is 0. The monoisotopic (exact) mass is 498 g/mol. The highest BCUT2D eigenvalue weighted by atomic mass is 15.0. The number of rotatable bonds is 3. The fourth-order valence-corrected chi connectivity index (χ4v) is 6.30. The minimum atomic E-state index is 1.17. The molecule has 8 rings (SSSR count). The topological polar surface area (TPSA) is 9.86 Å². The molecule has 0 aliphatic rings. The fraction of sp³-hybridized carbons (Fsp3) is 0.0270. The lowest BCUT2D eigenvalue weighted by atomic mass is 10.00. The van der Waals surface area contributed by atoms with E-state index in [1.807, 2.05) is 0 Å². The Morgan fingerprint density at radius 1 is 0.385 bits per heavy atom. The van der Waals surface area contributed by atoms with Gasteiger partial charge in [-0.25, -0.2) is 0 Å². The van der Waals surface area contributed by atoms with Gasteiger partial charge in [-0.05, 0) is 58.7 Å². The lowest BCUT2D eigenvalue weighted by Crippen LogP contribution is -1.94. The van der Waals surface area contributed by atoms with Crippen molar-refractivity contribution in [3.05, 3.63) is 140 Å². The molecule has 0 amide bonds. The van der Waals surface area contributed by atoms with Gasteiger partial charge in [0, 0.05) is 45.3 Å². The van der Waals surface area contributed by atoms with Gasteiger partial charge in [-0.2, -0.15) is 0 Å². The van der Waals surface area contributed by atoms with Crippen LogP contribution in [0.1, 0.15) is 0 Å². The molecule has 184 valence electrons. The summed E-state index contributed by atoms with van der Waals surface area (Å²) < 4.78 is 4.74. The summed E-state index contributed by atoms with van der Waals surface area (Å²) in [6, 6.07) is 50.5. The Bertz CT molecular complexity index is 2160. The third-order valence-electron chi connectivity index (χ3n) is 8.14. The quantitative estimate of drug-likeness (QED) is 0.229. The second-order valence-electron chi connectivity index (χ2n) is 10.3. The first kappa shape index (κ1) is 22.0. The van der Waals surface area contributed by atoms with E-state index >= 15 is 0 Å². The number of aryl methyl sites for hydroxylation is 1. The summed E-state index contributed by atoms with van der Waals surface area (Å²) in [6.45, 7) is 0. The van der Waals surface area contributed by atoms with Gasteiger partial charge in [0.2, 0.25) is 0 Å². The van der Waals surface area contributed by atoms with Crippen LogP contribution in [0, 0.1) is 0 Å². The van der Waals surface area contributed by atoms with E-state index < -0.39 is 0 Å². The average Bonchev–Trinajstić information content (AvgIpc) is 3.50. The Morgan fingerprint density at radius 3 is 1.69 bits per heavy atom. The van der Waals surface area contributed by atoms with E-state index in [2.05, 4.69) is 156 Å². The largest absolute Gasteiger partial charge is 0.344 e. The Labute approximate surface area is 227 Å². The highest BCUT2D eigenvalue weighted by Gasteiger charge is 2.18. The van der Waals surface area contributed by atoms with Crippen molar-refractivity contribution in [2.24, 2.45) is 7.05 Å². The summed E-state index contributed by atoms with van der Waals surface area (Å²) in [5, 5.41) is 5.23. The normalized spacial score (nSPS) is 11.7. The van der Waals surface area contributed by atoms with Crippen molar-refractivity contribution in [2.45, 2.75) is 0 Å². The minimum Gasteiger partial charge on any atom is -0.344 e. The molecule has 0 aliphatic heterocycles. The Hall–Kier alpha value is -5.08. The van der Waals surface area contributed by atoms with Crippen molar-refractivity contribution in [3.63, 3.8) is 0 Å². The molecule has 0 unspecified atom stereocenters. The number of hydrogen-bond donors (Lipinski definition) is 0. The second kappa shape index (κ2) is 8.47. The van der Waals surface area contributed by atoms with Crippen LogP contribution in [0.5, 0.6) is 0 Å². The number of para-hydroxylation sites is 2. The number of aromatic nitrogens is 2. The van der Waals surface area contributed by atoms with E-state index in [-0.39, 0.29) is 0 Å². The average molecular weight is 499 g/mol. The summed E-state index contributed by atoms with van der Waals surface area (Å²) in [7, 11) is 2.17. The van der Waals surface area contributed by atoms with Crippen molar-refractivity contribution < 1.29 is 0 Å². The van der Waals surface area contributed by atoms with Gasteiger partial charge in [0.1, 0.15) is 0 Å². The summed E-state index contributed by atoms with van der Waals surface area (Å²) in [5.41, 5.74) is 11.1. The molecule has 0 bridgehead atoms. The van der Waals surface area contributed by atoms with Gasteiger partial charge < -0.3 is 9.13 Å². The number of benzene rings is 6. The third-order valence-corrected chi connectivity index (χ3v) is 8.14. The van der Waals surface area contributed by atoms with Gasteiger partial charge in [0.15, 0.2) is 0 Å². The first-order valence-corrected chi connectivity index (χ1v) is 13.4. The zero-order valence-electron chi connectivity index (χ0n) is 21.7. The smallest absolute Gasteiger partial charge is 0.0548 e. The highest BCUT2D eigenvalue weighted by Crippen LogP contribution is 2.41. The Morgan fingerprint density at radius 2 is 0.923 bits per heavy atom. The molecule has 0 fully saturated rings. The van der Waals surface area contributed by atoms with Crippen LogP contribution in [0.25, 0.3) is 71.6 Å². The van der Waals surface area contributed by atoms with Crippen LogP contribution in [-0.4, -0.2) is 9.13 Å². The molecule has 0 aliphatic carbocycles. The van der Waals surface area contributed by atoms with Crippen LogP contribution in [0.4, 0.5) is 0 Å². The van der Waals surface area contributed by atoms with Crippen LogP contribution >= 0.6 is 0 Å². The van der Waals surface area contributed by atoms with Gasteiger partial charge in [-0.1, -0.05) is 103 Å². The Kier molecular flexibility index (Phi) is 4.77. The number of hydrogen-bond acceptors (Lipinski definition) is 0. The fourth-order valence-electron chi connectivity index (χ4n) is 6.30. The van der Waals surface area contributed by atoms with E-state index in [1.165, 1.54) is 71.6 Å². The van der Waals surface area contributed by atoms with E-state index in [0.717, 1.165) is 0 Å². The Balaban J connectivity index is 1.35. The zero-order chi connectivity index (χ0) is 25.9. The summed E-state index contributed by atoms with van der Waals surface area (Å²) in [5.74, 6) is 0. The number of nitrogens with zero attached hydrogens (tertiary/aromatic N) is 2. The molecule has 0 atom stereocenters. The molecule has 0 saturated heterocycles. The maximum Gasteiger partial charge on any atom is 0.0548 e. The van der Waals surface area contributed by atoms with Crippen molar-refractivity contribution in [1.29, 1.82) is 0 Å². The van der Waals surface area contributed by atoms with E-state index in [4.69, 9.17) is 0 Å². The van der Waals surface area contributed by atoms with Crippen molar-refractivity contribution in [1.82, 2.24) is 9.13 Å².